The number of hydrogen-bond donors (Lipinski definition) is 1. The number of nitrogens with zero attached hydrogens (tertiary/aromatic N) is 1. The molecule has 1 N–H and O–H groups in total. The summed E-state index contributed by atoms with van der Waals surface area (Å²) in [6.07, 6.45) is 0. The predicted octanol–water partition coefficient (Wildman–Crippen LogP) is 4.95. The molecule has 0 aliphatic heterocycles. The van der Waals surface area contributed by atoms with Crippen LogP contribution in [0, 0.1) is 10.1 Å². The lowest BCUT2D eigenvalue weighted by Gasteiger charge is -2.26. The Hall–Kier alpha value is -1.82. The Morgan fingerprint density at radius 3 is 2.13 bits per heavy atom. The first-order chi connectivity index (χ1) is 10.7. The van der Waals surface area contributed by atoms with E-state index in [4.69, 9.17) is 34.8 Å². The summed E-state index contributed by atoms with van der Waals surface area (Å²) in [5, 5.41) is 21.5. The summed E-state index contributed by atoms with van der Waals surface area (Å²) in [6, 6.07) is 8.30. The van der Waals surface area contributed by atoms with Gasteiger partial charge in [-0.3, -0.25) is 14.9 Å². The van der Waals surface area contributed by atoms with Crippen LogP contribution in [-0.4, -0.2) is 16.0 Å². The van der Waals surface area contributed by atoms with Gasteiger partial charge in [0, 0.05) is 11.1 Å². The molecule has 120 valence electrons. The molecule has 0 amide bonds. The van der Waals surface area contributed by atoms with Crippen LogP contribution in [0.2, 0.25) is 15.1 Å². The van der Waals surface area contributed by atoms with Crippen LogP contribution in [0.5, 0.6) is 0 Å². The molecular formula is C15H10Cl3NO4. The van der Waals surface area contributed by atoms with Gasteiger partial charge in [-0.1, -0.05) is 46.9 Å². The van der Waals surface area contributed by atoms with Crippen LogP contribution in [0.1, 0.15) is 18.1 Å². The molecule has 0 fully saturated rings. The molecule has 1 atom stereocenters. The maximum Gasteiger partial charge on any atom is 0.318 e. The monoisotopic (exact) mass is 373 g/mol. The van der Waals surface area contributed by atoms with Crippen LogP contribution in [0.3, 0.4) is 0 Å². The number of aliphatic carboxylic acids is 1. The van der Waals surface area contributed by atoms with Crippen molar-refractivity contribution in [1.29, 1.82) is 0 Å². The molecule has 0 saturated carbocycles. The first-order valence-corrected chi connectivity index (χ1v) is 7.44. The van der Waals surface area contributed by atoms with Crippen LogP contribution in [0.15, 0.2) is 36.4 Å². The Morgan fingerprint density at radius 2 is 1.65 bits per heavy atom. The summed E-state index contributed by atoms with van der Waals surface area (Å²) in [7, 11) is 0. The first-order valence-electron chi connectivity index (χ1n) is 6.31. The minimum absolute atomic E-state index is 0.0223. The molecule has 0 aliphatic carbocycles. The van der Waals surface area contributed by atoms with Crippen LogP contribution in [0.4, 0.5) is 5.69 Å². The average molecular weight is 375 g/mol. The summed E-state index contributed by atoms with van der Waals surface area (Å²) >= 11 is 17.6. The third-order valence-electron chi connectivity index (χ3n) is 3.62. The lowest BCUT2D eigenvalue weighted by atomic mass is 9.75. The van der Waals surface area contributed by atoms with Gasteiger partial charge in [-0.05, 0) is 30.7 Å². The standard InChI is InChI=1S/C15H10Cl3NO4/c1-15(14(20)21,8-2-4-9(16)5-3-8)10-6-11(17)12(18)7-13(10)19(22)23/h2-7H,1H3,(H,20,21). The number of nitro benzene ring substituents is 1. The number of carbonyl (C=O) groups is 1. The molecule has 0 bridgehead atoms. The second kappa shape index (κ2) is 6.35. The van der Waals surface area contributed by atoms with Gasteiger partial charge < -0.3 is 5.11 Å². The van der Waals surface area contributed by atoms with Crippen molar-refractivity contribution >= 4 is 46.5 Å². The maximum atomic E-state index is 11.9. The van der Waals surface area contributed by atoms with Crippen LogP contribution in [0.25, 0.3) is 0 Å². The van der Waals surface area contributed by atoms with Gasteiger partial charge in [0.2, 0.25) is 0 Å². The highest BCUT2D eigenvalue weighted by Gasteiger charge is 2.42. The van der Waals surface area contributed by atoms with Gasteiger partial charge in [0.05, 0.1) is 20.5 Å². The molecular weight excluding hydrogens is 365 g/mol. The lowest BCUT2D eigenvalue weighted by Crippen LogP contribution is -2.34. The summed E-state index contributed by atoms with van der Waals surface area (Å²) < 4.78 is 0. The van der Waals surface area contributed by atoms with Gasteiger partial charge >= 0.3 is 5.97 Å². The van der Waals surface area contributed by atoms with Gasteiger partial charge in [-0.15, -0.1) is 0 Å². The van der Waals surface area contributed by atoms with Gasteiger partial charge in [0.25, 0.3) is 5.69 Å². The van der Waals surface area contributed by atoms with Crippen molar-refractivity contribution in [3.8, 4) is 0 Å². The molecule has 1 unspecified atom stereocenters. The molecule has 2 aromatic carbocycles. The van der Waals surface area contributed by atoms with Crippen molar-refractivity contribution in [3.05, 3.63) is 72.7 Å². The first kappa shape index (κ1) is 17.5. The van der Waals surface area contributed by atoms with E-state index in [1.165, 1.54) is 37.3 Å². The molecule has 2 rings (SSSR count). The van der Waals surface area contributed by atoms with Gasteiger partial charge in [-0.2, -0.15) is 0 Å². The molecule has 0 spiro atoms. The predicted molar refractivity (Wildman–Crippen MR) is 88.7 cm³/mol. The van der Waals surface area contributed by atoms with Gasteiger partial charge in [0.1, 0.15) is 5.41 Å². The second-order valence-corrected chi connectivity index (χ2v) is 6.23. The van der Waals surface area contributed by atoms with Crippen molar-refractivity contribution in [2.24, 2.45) is 0 Å². The molecule has 8 heteroatoms. The van der Waals surface area contributed by atoms with E-state index in [2.05, 4.69) is 0 Å². The molecule has 0 radical (unpaired) electrons. The highest BCUT2D eigenvalue weighted by molar-refractivity contribution is 6.42. The lowest BCUT2D eigenvalue weighted by molar-refractivity contribution is -0.385. The summed E-state index contributed by atoms with van der Waals surface area (Å²) in [4.78, 5) is 22.6. The number of carboxylic acid groups (broad SMARTS) is 1. The minimum Gasteiger partial charge on any atom is -0.480 e. The Kier molecular flexibility index (Phi) is 4.84. The van der Waals surface area contributed by atoms with E-state index in [9.17, 15) is 20.0 Å². The Morgan fingerprint density at radius 1 is 1.13 bits per heavy atom. The van der Waals surface area contributed by atoms with Crippen LogP contribution < -0.4 is 0 Å². The van der Waals surface area contributed by atoms with Crippen LogP contribution in [-0.2, 0) is 10.2 Å². The molecule has 0 aliphatic rings. The molecule has 5 nitrogen and oxygen atoms in total. The highest BCUT2D eigenvalue weighted by Crippen LogP contribution is 2.41. The Labute approximate surface area is 146 Å². The van der Waals surface area contributed by atoms with Gasteiger partial charge in [0.15, 0.2) is 0 Å². The van der Waals surface area contributed by atoms with Crippen molar-refractivity contribution in [3.63, 3.8) is 0 Å². The van der Waals surface area contributed by atoms with Crippen molar-refractivity contribution in [2.75, 3.05) is 0 Å². The number of halogens is 3. The number of benzene rings is 2. The zero-order valence-corrected chi connectivity index (χ0v) is 14.0. The van der Waals surface area contributed by atoms with E-state index in [0.29, 0.717) is 10.6 Å². The zero-order chi connectivity index (χ0) is 17.4. The third kappa shape index (κ3) is 3.13. The molecule has 0 heterocycles. The fraction of sp³-hybridized carbons (Fsp3) is 0.133. The molecule has 23 heavy (non-hydrogen) atoms. The van der Waals surface area contributed by atoms with E-state index in [1.54, 1.807) is 0 Å². The largest absolute Gasteiger partial charge is 0.480 e. The fourth-order valence-corrected chi connectivity index (χ4v) is 2.71. The molecule has 0 saturated heterocycles. The van der Waals surface area contributed by atoms with Crippen molar-refractivity contribution in [1.82, 2.24) is 0 Å². The zero-order valence-electron chi connectivity index (χ0n) is 11.7. The fourth-order valence-electron chi connectivity index (χ4n) is 2.27. The summed E-state index contributed by atoms with van der Waals surface area (Å²) in [5.41, 5.74) is -1.84. The highest BCUT2D eigenvalue weighted by atomic mass is 35.5. The SMILES string of the molecule is CC(C(=O)O)(c1ccc(Cl)cc1)c1cc(Cl)c(Cl)cc1[N+](=O)[O-]. The molecule has 0 aromatic heterocycles. The third-order valence-corrected chi connectivity index (χ3v) is 4.60. The topological polar surface area (TPSA) is 80.4 Å². The van der Waals surface area contributed by atoms with E-state index in [1.807, 2.05) is 0 Å². The Balaban J connectivity index is 2.81. The number of carboxylic acids is 1. The van der Waals surface area contributed by atoms with Gasteiger partial charge in [-0.25, -0.2) is 0 Å². The Bertz CT molecular complexity index is 792. The number of nitro groups is 1. The van der Waals surface area contributed by atoms with E-state index >= 15 is 0 Å². The van der Waals surface area contributed by atoms with E-state index in [-0.39, 0.29) is 15.6 Å². The summed E-state index contributed by atoms with van der Waals surface area (Å²) in [5.74, 6) is -1.26. The second-order valence-electron chi connectivity index (χ2n) is 4.98. The normalized spacial score (nSPS) is 13.4. The molecule has 2 aromatic rings. The van der Waals surface area contributed by atoms with E-state index < -0.39 is 22.0 Å². The maximum absolute atomic E-state index is 11.9. The van der Waals surface area contributed by atoms with Crippen molar-refractivity contribution in [2.45, 2.75) is 12.3 Å². The summed E-state index contributed by atoms with van der Waals surface area (Å²) in [6.45, 7) is 1.37. The quantitative estimate of drug-likeness (QED) is 0.607. The van der Waals surface area contributed by atoms with Crippen molar-refractivity contribution < 1.29 is 14.8 Å². The number of rotatable bonds is 4. The van der Waals surface area contributed by atoms with Crippen LogP contribution >= 0.6 is 34.8 Å². The average Bonchev–Trinajstić information content (AvgIpc) is 2.49. The van der Waals surface area contributed by atoms with E-state index in [0.717, 1.165) is 6.07 Å². The minimum atomic E-state index is -1.69. The number of hydrogen-bond acceptors (Lipinski definition) is 3. The smallest absolute Gasteiger partial charge is 0.318 e.